The first-order valence-corrected chi connectivity index (χ1v) is 11.4. The Hall–Kier alpha value is 0.920. The van der Waals surface area contributed by atoms with Gasteiger partial charge in [0.1, 0.15) is 0 Å². The minimum atomic E-state index is 0. The second-order valence-electron chi connectivity index (χ2n) is 7.90. The van der Waals surface area contributed by atoms with Gasteiger partial charge in [0.25, 0.3) is 0 Å². The van der Waals surface area contributed by atoms with Crippen molar-refractivity contribution in [1.82, 2.24) is 0 Å². The molecule has 0 heterocycles. The van der Waals surface area contributed by atoms with E-state index < -0.39 is 0 Å². The number of nitrogens with zero attached hydrogens (tertiary/aromatic N) is 1. The Kier molecular flexibility index (Phi) is 21.2. The molecule has 0 N–H and O–H groups in total. The van der Waals surface area contributed by atoms with Gasteiger partial charge in [-0.05, 0) is 25.7 Å². The lowest BCUT2D eigenvalue weighted by Crippen LogP contribution is -3.00. The number of hydrogen-bond acceptors (Lipinski definition) is 0. The van der Waals surface area contributed by atoms with Crippen molar-refractivity contribution in [2.45, 2.75) is 109 Å². The zero-order chi connectivity index (χ0) is 17.4. The fourth-order valence-corrected chi connectivity index (χ4v) is 3.58. The van der Waals surface area contributed by atoms with Crippen molar-refractivity contribution in [2.75, 3.05) is 26.7 Å². The van der Waals surface area contributed by atoms with E-state index in [4.69, 9.17) is 0 Å². The Bertz CT molecular complexity index is 228. The smallest absolute Gasteiger partial charge is 0.0795 e. The van der Waals surface area contributed by atoms with Crippen molar-refractivity contribution in [3.63, 3.8) is 0 Å². The lowest BCUT2D eigenvalue weighted by molar-refractivity contribution is -0.910. The van der Waals surface area contributed by atoms with Crippen molar-refractivity contribution in [2.24, 2.45) is 0 Å². The lowest BCUT2D eigenvalue weighted by Gasteiger charge is -2.35. The van der Waals surface area contributed by atoms with Gasteiger partial charge in [-0.2, -0.15) is 0 Å². The number of quaternary nitrogens is 1. The van der Waals surface area contributed by atoms with Gasteiger partial charge in [0.2, 0.25) is 0 Å². The molecule has 1 nitrogen and oxygen atoms in total. The van der Waals surface area contributed by atoms with E-state index in [1.54, 1.807) is 0 Å². The first-order valence-electron chi connectivity index (χ1n) is 10.5. The van der Waals surface area contributed by atoms with E-state index in [1.165, 1.54) is 108 Å². The molecule has 0 saturated carbocycles. The molecule has 148 valence electrons. The normalized spacial score (nSPS) is 12.9. The minimum Gasteiger partial charge on any atom is -1.00 e. The topological polar surface area (TPSA) is 0 Å². The second kappa shape index (κ2) is 18.7. The first-order chi connectivity index (χ1) is 11.0. The highest BCUT2D eigenvalue weighted by molar-refractivity contribution is 9.09. The lowest BCUT2D eigenvalue weighted by atomic mass is 10.1. The molecule has 1 atom stereocenters. The summed E-state index contributed by atoms with van der Waals surface area (Å²) in [6, 6.07) is 0. The number of alkyl halides is 1. The first kappa shape index (κ1) is 27.1. The number of hydrogen-bond donors (Lipinski definition) is 0. The van der Waals surface area contributed by atoms with Crippen LogP contribution >= 0.6 is 15.9 Å². The molecule has 0 fully saturated rings. The van der Waals surface area contributed by atoms with E-state index in [0.717, 1.165) is 0 Å². The van der Waals surface area contributed by atoms with Crippen molar-refractivity contribution < 1.29 is 21.5 Å². The SMILES string of the molecule is CCCCCCCC[N+](C)(CCCCCCCC)CCC(C)Br.[Br-]. The van der Waals surface area contributed by atoms with Crippen LogP contribution in [-0.4, -0.2) is 36.0 Å². The van der Waals surface area contributed by atoms with Gasteiger partial charge in [0.15, 0.2) is 0 Å². The quantitative estimate of drug-likeness (QED) is 0.168. The second-order valence-corrected chi connectivity index (χ2v) is 9.46. The average molecular weight is 471 g/mol. The summed E-state index contributed by atoms with van der Waals surface area (Å²) >= 11 is 3.74. The van der Waals surface area contributed by atoms with Crippen LogP contribution in [0.25, 0.3) is 0 Å². The van der Waals surface area contributed by atoms with Crippen LogP contribution in [0.1, 0.15) is 104 Å². The molecule has 0 aliphatic rings. The molecule has 0 aliphatic heterocycles. The van der Waals surface area contributed by atoms with Crippen molar-refractivity contribution in [3.05, 3.63) is 0 Å². The van der Waals surface area contributed by atoms with Gasteiger partial charge in [-0.1, -0.05) is 88.1 Å². The summed E-state index contributed by atoms with van der Waals surface area (Å²) in [7, 11) is 2.51. The van der Waals surface area contributed by atoms with Gasteiger partial charge in [-0.15, -0.1) is 0 Å². The zero-order valence-corrected chi connectivity index (χ0v) is 20.3. The molecule has 0 spiro atoms. The van der Waals surface area contributed by atoms with Crippen molar-refractivity contribution >= 4 is 15.9 Å². The minimum absolute atomic E-state index is 0. The van der Waals surface area contributed by atoms with Gasteiger partial charge in [-0.3, -0.25) is 0 Å². The summed E-state index contributed by atoms with van der Waals surface area (Å²) in [6.07, 6.45) is 18.4. The predicted molar refractivity (Wildman–Crippen MR) is 111 cm³/mol. The van der Waals surface area contributed by atoms with E-state index >= 15 is 0 Å². The van der Waals surface area contributed by atoms with Crippen LogP contribution in [-0.2, 0) is 0 Å². The maximum Gasteiger partial charge on any atom is 0.0795 e. The van der Waals surface area contributed by atoms with Crippen LogP contribution in [0, 0.1) is 0 Å². The summed E-state index contributed by atoms with van der Waals surface area (Å²) in [5, 5.41) is 0. The largest absolute Gasteiger partial charge is 1.00 e. The molecule has 1 unspecified atom stereocenters. The Morgan fingerprint density at radius 3 is 1.42 bits per heavy atom. The van der Waals surface area contributed by atoms with Gasteiger partial charge in [-0.25, -0.2) is 0 Å². The summed E-state index contributed by atoms with van der Waals surface area (Å²) in [5.41, 5.74) is 0. The van der Waals surface area contributed by atoms with E-state index in [9.17, 15) is 0 Å². The highest BCUT2D eigenvalue weighted by Gasteiger charge is 2.21. The third kappa shape index (κ3) is 17.7. The molecule has 0 aromatic heterocycles. The monoisotopic (exact) mass is 469 g/mol. The standard InChI is InChI=1S/C21H45BrN.BrH/c1-5-7-9-11-13-15-18-23(4,20-17-21(3)22)19-16-14-12-10-8-6-2;/h21H,5-20H2,1-4H3;1H/q+1;/p-1. The summed E-state index contributed by atoms with van der Waals surface area (Å²) in [4.78, 5) is 0.661. The van der Waals surface area contributed by atoms with Crippen LogP contribution in [0.2, 0.25) is 0 Å². The summed E-state index contributed by atoms with van der Waals surface area (Å²) in [6.45, 7) is 11.0. The summed E-state index contributed by atoms with van der Waals surface area (Å²) in [5.74, 6) is 0. The highest BCUT2D eigenvalue weighted by atomic mass is 79.9. The Labute approximate surface area is 172 Å². The van der Waals surface area contributed by atoms with E-state index in [2.05, 4.69) is 43.7 Å². The number of rotatable bonds is 17. The van der Waals surface area contributed by atoms with Crippen LogP contribution in [0.15, 0.2) is 0 Å². The maximum absolute atomic E-state index is 3.74. The highest BCUT2D eigenvalue weighted by Crippen LogP contribution is 2.16. The van der Waals surface area contributed by atoms with Crippen LogP contribution in [0.5, 0.6) is 0 Å². The van der Waals surface area contributed by atoms with Gasteiger partial charge >= 0.3 is 0 Å². The molecule has 0 aromatic carbocycles. The molecular formula is C21H45Br2N. The molecule has 0 radical (unpaired) electrons. The van der Waals surface area contributed by atoms with Gasteiger partial charge in [0, 0.05) is 11.2 Å². The fraction of sp³-hybridized carbons (Fsp3) is 1.00. The van der Waals surface area contributed by atoms with E-state index in [1.807, 2.05) is 0 Å². The van der Waals surface area contributed by atoms with E-state index in [0.29, 0.717) is 4.83 Å². The molecule has 0 aromatic rings. The van der Waals surface area contributed by atoms with E-state index in [-0.39, 0.29) is 17.0 Å². The molecule has 0 saturated heterocycles. The van der Waals surface area contributed by atoms with Crippen LogP contribution < -0.4 is 17.0 Å². The molecule has 24 heavy (non-hydrogen) atoms. The van der Waals surface area contributed by atoms with Crippen LogP contribution in [0.4, 0.5) is 0 Å². The fourth-order valence-electron chi connectivity index (χ4n) is 3.37. The molecule has 0 rings (SSSR count). The molecule has 0 amide bonds. The summed E-state index contributed by atoms with van der Waals surface area (Å²) < 4.78 is 1.30. The Balaban J connectivity index is 0. The number of unbranched alkanes of at least 4 members (excludes halogenated alkanes) is 10. The van der Waals surface area contributed by atoms with Gasteiger partial charge in [0.05, 0.1) is 26.7 Å². The molecule has 3 heteroatoms. The Morgan fingerprint density at radius 1 is 0.667 bits per heavy atom. The Morgan fingerprint density at radius 2 is 1.04 bits per heavy atom. The maximum atomic E-state index is 3.74. The molecule has 0 bridgehead atoms. The molecule has 0 aliphatic carbocycles. The molecular weight excluding hydrogens is 426 g/mol. The van der Waals surface area contributed by atoms with Crippen molar-refractivity contribution in [1.29, 1.82) is 0 Å². The van der Waals surface area contributed by atoms with Crippen LogP contribution in [0.3, 0.4) is 0 Å². The average Bonchev–Trinajstić information content (AvgIpc) is 2.52. The van der Waals surface area contributed by atoms with Gasteiger partial charge < -0.3 is 21.5 Å². The number of halogens is 2. The predicted octanol–water partition coefficient (Wildman–Crippen LogP) is 4.33. The zero-order valence-electron chi connectivity index (χ0n) is 17.1. The van der Waals surface area contributed by atoms with Crippen molar-refractivity contribution in [3.8, 4) is 0 Å². The third-order valence-electron chi connectivity index (χ3n) is 5.17. The third-order valence-corrected chi connectivity index (χ3v) is 5.63.